The van der Waals surface area contributed by atoms with Gasteiger partial charge < -0.3 is 0 Å². The van der Waals surface area contributed by atoms with Crippen LogP contribution in [0.4, 0.5) is 0 Å². The average molecular weight is 562 g/mol. The van der Waals surface area contributed by atoms with Crippen molar-refractivity contribution in [2.75, 3.05) is 0 Å². The van der Waals surface area contributed by atoms with Gasteiger partial charge in [-0.2, -0.15) is 0 Å². The van der Waals surface area contributed by atoms with Crippen molar-refractivity contribution in [1.29, 1.82) is 0 Å². The first-order valence-electron chi connectivity index (χ1n) is 14.8. The molecule has 10 rings (SSSR count). The molecule has 0 N–H and O–H groups in total. The zero-order valence-electron chi connectivity index (χ0n) is 23.5. The summed E-state index contributed by atoms with van der Waals surface area (Å²) < 4.78 is 4.44. The van der Waals surface area contributed by atoms with Gasteiger partial charge in [-0.25, -0.2) is 15.0 Å². The molecule has 5 heteroatoms. The van der Waals surface area contributed by atoms with E-state index in [0.717, 1.165) is 76.8 Å². The molecule has 4 heterocycles. The van der Waals surface area contributed by atoms with Crippen LogP contribution in [0.3, 0.4) is 0 Å². The van der Waals surface area contributed by atoms with Crippen molar-refractivity contribution in [3.05, 3.63) is 140 Å². The quantitative estimate of drug-likeness (QED) is 0.198. The summed E-state index contributed by atoms with van der Waals surface area (Å²) in [5.41, 5.74) is 8.01. The minimum atomic E-state index is 0.646. The molecule has 0 unspecified atom stereocenters. The molecule has 0 amide bonds. The van der Waals surface area contributed by atoms with Gasteiger partial charge >= 0.3 is 0 Å². The van der Waals surface area contributed by atoms with Crippen LogP contribution in [0, 0.1) is 0 Å². The van der Waals surface area contributed by atoms with Gasteiger partial charge in [0, 0.05) is 38.7 Å². The maximum Gasteiger partial charge on any atom is 0.235 e. The third kappa shape index (κ3) is 3.21. The fourth-order valence-corrected chi connectivity index (χ4v) is 6.90. The van der Waals surface area contributed by atoms with E-state index in [1.807, 2.05) is 12.1 Å². The highest BCUT2D eigenvalue weighted by molar-refractivity contribution is 6.19. The molecule has 10 aromatic rings. The Balaban J connectivity index is 1.43. The normalized spacial score (nSPS) is 12.1. The number of hydrogen-bond acceptors (Lipinski definition) is 3. The lowest BCUT2D eigenvalue weighted by molar-refractivity contribution is 1.01. The molecule has 4 aromatic heterocycles. The highest BCUT2D eigenvalue weighted by Gasteiger charge is 2.21. The summed E-state index contributed by atoms with van der Waals surface area (Å²) in [5.74, 6) is 0.646. The number of para-hydroxylation sites is 2. The molecular formula is C39H23N5. The fourth-order valence-electron chi connectivity index (χ4n) is 6.90. The number of hydrogen-bond donors (Lipinski definition) is 0. The van der Waals surface area contributed by atoms with E-state index in [4.69, 9.17) is 15.0 Å². The van der Waals surface area contributed by atoms with Gasteiger partial charge in [-0.15, -0.1) is 0 Å². The van der Waals surface area contributed by atoms with E-state index in [1.54, 1.807) is 0 Å². The second-order valence-electron chi connectivity index (χ2n) is 11.3. The number of pyridine rings is 1. The molecule has 0 aliphatic carbocycles. The summed E-state index contributed by atoms with van der Waals surface area (Å²) >= 11 is 0. The number of aromatic nitrogens is 5. The SMILES string of the molecule is c1ccc(-c2nc(-n3c4cn5c(cc4c4ccc6ccccc6c43)nc3ccccc35)nc3c2ccc2ccccc23)cc1. The van der Waals surface area contributed by atoms with Crippen LogP contribution in [-0.4, -0.2) is 23.9 Å². The monoisotopic (exact) mass is 561 g/mol. The highest BCUT2D eigenvalue weighted by Crippen LogP contribution is 2.39. The predicted molar refractivity (Wildman–Crippen MR) is 181 cm³/mol. The van der Waals surface area contributed by atoms with E-state index >= 15 is 0 Å². The molecule has 44 heavy (non-hydrogen) atoms. The average Bonchev–Trinajstić information content (AvgIpc) is 3.62. The summed E-state index contributed by atoms with van der Waals surface area (Å²) in [7, 11) is 0. The lowest BCUT2D eigenvalue weighted by atomic mass is 10.0. The van der Waals surface area contributed by atoms with Crippen LogP contribution in [0.5, 0.6) is 0 Å². The van der Waals surface area contributed by atoms with Gasteiger partial charge in [-0.1, -0.05) is 109 Å². The molecule has 0 bridgehead atoms. The Bertz CT molecular complexity index is 2770. The molecule has 6 aromatic carbocycles. The molecule has 0 fully saturated rings. The summed E-state index contributed by atoms with van der Waals surface area (Å²) in [5, 5.41) is 7.91. The molecule has 0 saturated carbocycles. The molecule has 0 atom stereocenters. The van der Waals surface area contributed by atoms with Gasteiger partial charge in [0.05, 0.1) is 33.3 Å². The number of benzene rings is 6. The van der Waals surface area contributed by atoms with E-state index in [2.05, 4.69) is 136 Å². The first kappa shape index (κ1) is 23.5. The zero-order valence-corrected chi connectivity index (χ0v) is 23.5. The highest BCUT2D eigenvalue weighted by atomic mass is 15.2. The Morgan fingerprint density at radius 1 is 0.477 bits per heavy atom. The largest absolute Gasteiger partial charge is 0.297 e. The molecule has 0 aliphatic rings. The van der Waals surface area contributed by atoms with Crippen LogP contribution in [0.25, 0.3) is 88.1 Å². The summed E-state index contributed by atoms with van der Waals surface area (Å²) in [4.78, 5) is 15.7. The minimum absolute atomic E-state index is 0.646. The summed E-state index contributed by atoms with van der Waals surface area (Å²) in [6.07, 6.45) is 2.20. The van der Waals surface area contributed by atoms with Gasteiger partial charge in [-0.3, -0.25) is 8.97 Å². The Morgan fingerprint density at radius 3 is 2.05 bits per heavy atom. The maximum absolute atomic E-state index is 5.40. The van der Waals surface area contributed by atoms with Crippen molar-refractivity contribution < 1.29 is 0 Å². The number of fused-ring (bicyclic) bond motifs is 11. The lowest BCUT2D eigenvalue weighted by Gasteiger charge is -2.14. The van der Waals surface area contributed by atoms with Gasteiger partial charge in [0.15, 0.2) is 0 Å². The number of nitrogens with zero attached hydrogens (tertiary/aromatic N) is 5. The van der Waals surface area contributed by atoms with Crippen LogP contribution in [-0.2, 0) is 0 Å². The first-order valence-corrected chi connectivity index (χ1v) is 14.8. The van der Waals surface area contributed by atoms with Crippen molar-refractivity contribution in [2.24, 2.45) is 0 Å². The summed E-state index contributed by atoms with van der Waals surface area (Å²) in [6.45, 7) is 0. The van der Waals surface area contributed by atoms with Crippen LogP contribution in [0.1, 0.15) is 0 Å². The van der Waals surface area contributed by atoms with Crippen LogP contribution < -0.4 is 0 Å². The van der Waals surface area contributed by atoms with Gasteiger partial charge in [0.1, 0.15) is 5.65 Å². The van der Waals surface area contributed by atoms with Crippen LogP contribution in [0.15, 0.2) is 140 Å². The van der Waals surface area contributed by atoms with Gasteiger partial charge in [-0.05, 0) is 35.0 Å². The minimum Gasteiger partial charge on any atom is -0.297 e. The van der Waals surface area contributed by atoms with E-state index in [-0.39, 0.29) is 0 Å². The second-order valence-corrected chi connectivity index (χ2v) is 11.3. The van der Waals surface area contributed by atoms with E-state index in [9.17, 15) is 0 Å². The smallest absolute Gasteiger partial charge is 0.235 e. The second kappa shape index (κ2) is 8.72. The van der Waals surface area contributed by atoms with Crippen molar-refractivity contribution in [2.45, 2.75) is 0 Å². The predicted octanol–water partition coefficient (Wildman–Crippen LogP) is 9.50. The van der Waals surface area contributed by atoms with E-state index in [1.165, 1.54) is 5.39 Å². The Hall–Kier alpha value is -6.07. The third-order valence-corrected chi connectivity index (χ3v) is 8.91. The maximum atomic E-state index is 5.40. The van der Waals surface area contributed by atoms with Crippen LogP contribution >= 0.6 is 0 Å². The Labute approximate surface area is 251 Å². The summed E-state index contributed by atoms with van der Waals surface area (Å²) in [6, 6.07) is 46.7. The molecule has 0 aliphatic heterocycles. The van der Waals surface area contributed by atoms with E-state index < -0.39 is 0 Å². The number of imidazole rings is 1. The zero-order chi connectivity index (χ0) is 28.8. The molecule has 204 valence electrons. The molecule has 5 nitrogen and oxygen atoms in total. The molecule has 0 spiro atoms. The van der Waals surface area contributed by atoms with Crippen molar-refractivity contribution in [1.82, 2.24) is 23.9 Å². The fraction of sp³-hybridized carbons (Fsp3) is 0. The lowest BCUT2D eigenvalue weighted by Crippen LogP contribution is -2.04. The topological polar surface area (TPSA) is 48.0 Å². The molecule has 0 radical (unpaired) electrons. The Morgan fingerprint density at radius 2 is 1.18 bits per heavy atom. The van der Waals surface area contributed by atoms with Crippen molar-refractivity contribution in [3.8, 4) is 17.2 Å². The van der Waals surface area contributed by atoms with Gasteiger partial charge in [0.2, 0.25) is 5.95 Å². The van der Waals surface area contributed by atoms with Crippen molar-refractivity contribution in [3.63, 3.8) is 0 Å². The van der Waals surface area contributed by atoms with Gasteiger partial charge in [0.25, 0.3) is 0 Å². The standard InChI is InChI=1S/C39H23N5/c1-2-12-26(13-3-1)36-30-21-19-24-10-4-6-14-27(24)37(30)42-39(41-36)44-34-23-43-33-17-9-8-16-32(33)40-35(43)22-31(34)29-20-18-25-11-5-7-15-28(25)38(29)44/h1-23H. The molecular weight excluding hydrogens is 538 g/mol. The first-order chi connectivity index (χ1) is 21.8. The molecule has 0 saturated heterocycles. The van der Waals surface area contributed by atoms with Crippen LogP contribution in [0.2, 0.25) is 0 Å². The van der Waals surface area contributed by atoms with E-state index in [0.29, 0.717) is 5.95 Å². The third-order valence-electron chi connectivity index (χ3n) is 8.91. The Kier molecular flexibility index (Phi) is 4.66. The number of rotatable bonds is 2. The van der Waals surface area contributed by atoms with Crippen molar-refractivity contribution >= 4 is 70.9 Å².